The highest BCUT2D eigenvalue weighted by atomic mass is 15.2. The van der Waals surface area contributed by atoms with E-state index in [1.54, 1.807) is 0 Å². The fourth-order valence-electron chi connectivity index (χ4n) is 5.39. The van der Waals surface area contributed by atoms with Gasteiger partial charge in [-0.3, -0.25) is 0 Å². The fraction of sp³-hybridized carbons (Fsp3) is 0.688. The minimum atomic E-state index is 0.344. The Bertz CT molecular complexity index is 461. The average Bonchev–Trinajstić information content (AvgIpc) is 2.37. The maximum absolute atomic E-state index is 6.14. The van der Waals surface area contributed by atoms with E-state index in [4.69, 9.17) is 5.73 Å². The molecule has 0 aromatic carbocycles. The molecule has 4 saturated carbocycles. The molecule has 1 heterocycles. The molecule has 4 fully saturated rings. The molecule has 102 valence electrons. The molecule has 4 bridgehead atoms. The second kappa shape index (κ2) is 3.87. The average molecular weight is 257 g/mol. The molecule has 0 aliphatic heterocycles. The summed E-state index contributed by atoms with van der Waals surface area (Å²) < 4.78 is 0. The highest BCUT2D eigenvalue weighted by Crippen LogP contribution is 2.58. The molecule has 0 amide bonds. The summed E-state index contributed by atoms with van der Waals surface area (Å²) in [7, 11) is 2.21. The van der Waals surface area contributed by atoms with Crippen LogP contribution in [0.4, 0.5) is 11.5 Å². The van der Waals surface area contributed by atoms with Gasteiger partial charge in [0.2, 0.25) is 0 Å². The molecule has 0 atom stereocenters. The zero-order valence-electron chi connectivity index (χ0n) is 11.7. The van der Waals surface area contributed by atoms with E-state index in [9.17, 15) is 0 Å². The number of rotatable bonds is 2. The molecular weight excluding hydrogens is 234 g/mol. The maximum Gasteiger partial charge on any atom is 0.151 e. The Morgan fingerprint density at radius 3 is 2.26 bits per heavy atom. The Morgan fingerprint density at radius 1 is 1.16 bits per heavy atom. The van der Waals surface area contributed by atoms with Crippen LogP contribution in [0, 0.1) is 17.8 Å². The van der Waals surface area contributed by atoms with Crippen LogP contribution in [0.1, 0.15) is 38.5 Å². The minimum Gasteiger partial charge on any atom is -0.396 e. The van der Waals surface area contributed by atoms with E-state index in [2.05, 4.69) is 16.9 Å². The lowest BCUT2D eigenvalue weighted by Crippen LogP contribution is -2.59. The number of nitrogens with two attached hydrogens (primary N) is 1. The smallest absolute Gasteiger partial charge is 0.151 e. The van der Waals surface area contributed by atoms with Crippen LogP contribution in [0.25, 0.3) is 0 Å². The maximum atomic E-state index is 6.14. The first-order valence-corrected chi connectivity index (χ1v) is 7.61. The van der Waals surface area contributed by atoms with Gasteiger partial charge in [-0.1, -0.05) is 0 Å². The van der Waals surface area contributed by atoms with Crippen molar-refractivity contribution in [1.82, 2.24) is 4.98 Å². The molecule has 5 rings (SSSR count). The number of hydrogen-bond donors (Lipinski definition) is 1. The third-order valence-electron chi connectivity index (χ3n) is 5.85. The van der Waals surface area contributed by atoms with Gasteiger partial charge in [0.1, 0.15) is 0 Å². The first-order valence-electron chi connectivity index (χ1n) is 7.61. The van der Waals surface area contributed by atoms with Crippen molar-refractivity contribution >= 4 is 11.5 Å². The first-order chi connectivity index (χ1) is 9.16. The van der Waals surface area contributed by atoms with Crippen molar-refractivity contribution in [1.29, 1.82) is 0 Å². The summed E-state index contributed by atoms with van der Waals surface area (Å²) >= 11 is 0. The second-order valence-corrected chi connectivity index (χ2v) is 7.12. The van der Waals surface area contributed by atoms with Gasteiger partial charge in [-0.15, -0.1) is 0 Å². The molecule has 3 heteroatoms. The molecule has 1 aromatic rings. The molecule has 0 radical (unpaired) electrons. The standard InChI is InChI=1S/C16H23N3/c1-19(15-14(17)3-2-4-18-15)16-8-11-5-12(9-16)7-13(6-11)10-16/h2-4,11-13H,5-10,17H2,1H3. The lowest BCUT2D eigenvalue weighted by atomic mass is 9.52. The van der Waals surface area contributed by atoms with E-state index < -0.39 is 0 Å². The Labute approximate surface area is 115 Å². The number of hydrogen-bond acceptors (Lipinski definition) is 3. The van der Waals surface area contributed by atoms with E-state index in [0.29, 0.717) is 5.54 Å². The Kier molecular flexibility index (Phi) is 2.36. The van der Waals surface area contributed by atoms with Crippen molar-refractivity contribution < 1.29 is 0 Å². The van der Waals surface area contributed by atoms with Crippen molar-refractivity contribution in [2.45, 2.75) is 44.1 Å². The molecule has 1 aromatic heterocycles. The summed E-state index contributed by atoms with van der Waals surface area (Å²) in [5, 5.41) is 0. The van der Waals surface area contributed by atoms with Gasteiger partial charge in [-0.05, 0) is 68.4 Å². The van der Waals surface area contributed by atoms with Gasteiger partial charge >= 0.3 is 0 Å². The predicted molar refractivity (Wildman–Crippen MR) is 78.0 cm³/mol. The SMILES string of the molecule is CN(c1ncccc1N)C12CC3CC(CC(C3)C1)C2. The third-order valence-corrected chi connectivity index (χ3v) is 5.85. The summed E-state index contributed by atoms with van der Waals surface area (Å²) in [5.41, 5.74) is 7.30. The summed E-state index contributed by atoms with van der Waals surface area (Å²) in [6, 6.07) is 3.89. The fourth-order valence-corrected chi connectivity index (χ4v) is 5.39. The molecule has 0 unspecified atom stereocenters. The van der Waals surface area contributed by atoms with Gasteiger partial charge in [0, 0.05) is 18.8 Å². The van der Waals surface area contributed by atoms with E-state index in [1.165, 1.54) is 38.5 Å². The second-order valence-electron chi connectivity index (χ2n) is 7.12. The van der Waals surface area contributed by atoms with E-state index in [-0.39, 0.29) is 0 Å². The van der Waals surface area contributed by atoms with Gasteiger partial charge in [-0.2, -0.15) is 0 Å². The number of anilines is 2. The zero-order valence-corrected chi connectivity index (χ0v) is 11.7. The molecule has 4 aliphatic carbocycles. The molecular formula is C16H23N3. The van der Waals surface area contributed by atoms with Crippen LogP contribution in [0.15, 0.2) is 18.3 Å². The highest BCUT2D eigenvalue weighted by molar-refractivity contribution is 5.63. The lowest BCUT2D eigenvalue weighted by Gasteiger charge is -2.60. The molecule has 4 aliphatic rings. The van der Waals surface area contributed by atoms with Gasteiger partial charge in [0.25, 0.3) is 0 Å². The van der Waals surface area contributed by atoms with Crippen molar-refractivity contribution in [3.05, 3.63) is 18.3 Å². The number of nitrogen functional groups attached to an aromatic ring is 1. The summed E-state index contributed by atoms with van der Waals surface area (Å²) in [6.07, 6.45) is 10.4. The van der Waals surface area contributed by atoms with Gasteiger partial charge in [0.15, 0.2) is 5.82 Å². The van der Waals surface area contributed by atoms with E-state index in [0.717, 1.165) is 29.3 Å². The molecule has 2 N–H and O–H groups in total. The largest absolute Gasteiger partial charge is 0.396 e. The highest BCUT2D eigenvalue weighted by Gasteiger charge is 2.53. The summed E-state index contributed by atoms with van der Waals surface area (Å²) in [4.78, 5) is 6.96. The van der Waals surface area contributed by atoms with Crippen LogP contribution >= 0.6 is 0 Å². The number of nitrogens with zero attached hydrogens (tertiary/aromatic N) is 2. The molecule has 0 saturated heterocycles. The Hall–Kier alpha value is -1.25. The van der Waals surface area contributed by atoms with Crippen LogP contribution in [-0.2, 0) is 0 Å². The number of aromatic nitrogens is 1. The van der Waals surface area contributed by atoms with Crippen molar-refractivity contribution in [2.24, 2.45) is 17.8 Å². The van der Waals surface area contributed by atoms with Crippen LogP contribution < -0.4 is 10.6 Å². The van der Waals surface area contributed by atoms with Crippen molar-refractivity contribution in [3.63, 3.8) is 0 Å². The quantitative estimate of drug-likeness (QED) is 0.885. The number of pyridine rings is 1. The monoisotopic (exact) mass is 257 g/mol. The van der Waals surface area contributed by atoms with E-state index >= 15 is 0 Å². The lowest BCUT2D eigenvalue weighted by molar-refractivity contribution is -0.00223. The van der Waals surface area contributed by atoms with Crippen LogP contribution in [-0.4, -0.2) is 17.6 Å². The van der Waals surface area contributed by atoms with Crippen molar-refractivity contribution in [3.8, 4) is 0 Å². The van der Waals surface area contributed by atoms with Crippen molar-refractivity contribution in [2.75, 3.05) is 17.7 Å². The van der Waals surface area contributed by atoms with Gasteiger partial charge < -0.3 is 10.6 Å². The van der Waals surface area contributed by atoms with Gasteiger partial charge in [0.05, 0.1) is 5.69 Å². The third kappa shape index (κ3) is 1.67. The summed E-state index contributed by atoms with van der Waals surface area (Å²) in [6.45, 7) is 0. The molecule has 19 heavy (non-hydrogen) atoms. The van der Waals surface area contributed by atoms with Gasteiger partial charge in [-0.25, -0.2) is 4.98 Å². The Balaban J connectivity index is 1.70. The summed E-state index contributed by atoms with van der Waals surface area (Å²) in [5.74, 6) is 3.86. The van der Waals surface area contributed by atoms with Crippen LogP contribution in [0.5, 0.6) is 0 Å². The first kappa shape index (κ1) is 11.6. The molecule has 3 nitrogen and oxygen atoms in total. The van der Waals surface area contributed by atoms with Crippen LogP contribution in [0.3, 0.4) is 0 Å². The van der Waals surface area contributed by atoms with E-state index in [1.807, 2.05) is 18.3 Å². The topological polar surface area (TPSA) is 42.2 Å². The van der Waals surface area contributed by atoms with Crippen LogP contribution in [0.2, 0.25) is 0 Å². The predicted octanol–water partition coefficient (Wildman–Crippen LogP) is 3.07. The molecule has 0 spiro atoms. The zero-order chi connectivity index (χ0) is 13.0. The normalized spacial score (nSPS) is 39.5. The minimum absolute atomic E-state index is 0.344. The Morgan fingerprint density at radius 2 is 1.74 bits per heavy atom.